The second-order valence-corrected chi connectivity index (χ2v) is 26.7. The highest BCUT2D eigenvalue weighted by molar-refractivity contribution is 6.18. The zero-order valence-corrected chi connectivity index (χ0v) is 50.9. The number of hydrogen-bond acceptors (Lipinski definition) is 3. The van der Waals surface area contributed by atoms with E-state index in [1.54, 1.807) is 0 Å². The number of para-hydroxylation sites is 3. The van der Waals surface area contributed by atoms with Gasteiger partial charge in [0, 0.05) is 99.0 Å². The van der Waals surface area contributed by atoms with E-state index in [0.717, 1.165) is 44.8 Å². The van der Waals surface area contributed by atoms with E-state index in [9.17, 15) is 0 Å². The normalized spacial score (nSPS) is 14.6. The Kier molecular flexibility index (Phi) is 10.3. The van der Waals surface area contributed by atoms with Gasteiger partial charge in [-0.15, -0.1) is 0 Å². The quantitative estimate of drug-likeness (QED) is 0.167. The lowest BCUT2D eigenvalue weighted by molar-refractivity contribution is 0.660. The smallest absolute Gasteiger partial charge is 0.164 e. The summed E-state index contributed by atoms with van der Waals surface area (Å²) in [4.78, 5) is 16.6. The number of aromatic nitrogens is 6. The second kappa shape index (κ2) is 18.1. The molecule has 0 N–H and O–H groups in total. The van der Waals surface area contributed by atoms with Gasteiger partial charge in [0.1, 0.15) is 0 Å². The molecule has 0 saturated carbocycles. The first-order chi connectivity index (χ1) is 43.9. The summed E-state index contributed by atoms with van der Waals surface area (Å²) >= 11 is 0. The predicted molar refractivity (Wildman–Crippen MR) is 372 cm³/mol. The molecule has 12 aromatic carbocycles. The second-order valence-electron chi connectivity index (χ2n) is 26.7. The monoisotopic (exact) mass is 1150 g/mol. The van der Waals surface area contributed by atoms with Crippen LogP contribution in [0.15, 0.2) is 255 Å². The molecular weight excluding hydrogens is 1090 g/mol. The summed E-state index contributed by atoms with van der Waals surface area (Å²) in [6.07, 6.45) is 0. The largest absolute Gasteiger partial charge is 0.309 e. The zero-order valence-electron chi connectivity index (χ0n) is 50.9. The van der Waals surface area contributed by atoms with Crippen molar-refractivity contribution in [3.8, 4) is 84.6 Å². The minimum Gasteiger partial charge on any atom is -0.309 e. The van der Waals surface area contributed by atoms with Crippen molar-refractivity contribution in [1.82, 2.24) is 28.7 Å². The van der Waals surface area contributed by atoms with Gasteiger partial charge in [0.15, 0.2) is 17.5 Å². The Morgan fingerprint density at radius 2 is 0.567 bits per heavy atom. The van der Waals surface area contributed by atoms with Gasteiger partial charge in [-0.05, 0) is 117 Å². The maximum Gasteiger partial charge on any atom is 0.164 e. The molecule has 90 heavy (non-hydrogen) atoms. The van der Waals surface area contributed by atoms with Crippen molar-refractivity contribution in [2.75, 3.05) is 0 Å². The first-order valence-corrected chi connectivity index (χ1v) is 31.5. The molecule has 16 aromatic rings. The van der Waals surface area contributed by atoms with Crippen LogP contribution in [0.25, 0.3) is 150 Å². The summed E-state index contributed by atoms with van der Waals surface area (Å²) in [5, 5.41) is 7.38. The Balaban J connectivity index is 0.818. The summed E-state index contributed by atoms with van der Waals surface area (Å²) < 4.78 is 7.42. The highest BCUT2D eigenvalue weighted by atomic mass is 15.0. The van der Waals surface area contributed by atoms with Crippen LogP contribution in [0.3, 0.4) is 0 Å². The Labute approximate surface area is 521 Å². The molecule has 0 spiro atoms. The summed E-state index contributed by atoms with van der Waals surface area (Å²) in [5.41, 5.74) is 28.4. The summed E-state index contributed by atoms with van der Waals surface area (Å²) in [7, 11) is 0. The number of fused-ring (bicyclic) bond motifs is 21. The van der Waals surface area contributed by atoms with Crippen molar-refractivity contribution in [3.05, 3.63) is 288 Å². The number of nitrogens with zero attached hydrogens (tertiary/aromatic N) is 6. The van der Waals surface area contributed by atoms with Crippen molar-refractivity contribution in [2.24, 2.45) is 0 Å². The molecule has 0 saturated heterocycles. The van der Waals surface area contributed by atoms with E-state index < -0.39 is 0 Å². The average Bonchev–Trinajstić information content (AvgIpc) is 1.57. The van der Waals surface area contributed by atoms with Gasteiger partial charge in [-0.25, -0.2) is 15.0 Å². The van der Waals surface area contributed by atoms with E-state index in [1.165, 1.54) is 121 Å². The fraction of sp³-hybridized carbons (Fsp3) is 0.107. The summed E-state index contributed by atoms with van der Waals surface area (Å²) in [6.45, 7) is 14.2. The van der Waals surface area contributed by atoms with Crippen molar-refractivity contribution in [1.29, 1.82) is 0 Å². The molecular formula is C84H60N6. The van der Waals surface area contributed by atoms with E-state index in [0.29, 0.717) is 17.5 Å². The van der Waals surface area contributed by atoms with E-state index in [-0.39, 0.29) is 16.2 Å². The lowest BCUT2D eigenvalue weighted by Gasteiger charge is -2.21. The molecule has 0 radical (unpaired) electrons. The van der Waals surface area contributed by atoms with Crippen LogP contribution in [0.5, 0.6) is 0 Å². The molecule has 426 valence electrons. The van der Waals surface area contributed by atoms with Gasteiger partial charge in [0.25, 0.3) is 0 Å². The third kappa shape index (κ3) is 6.80. The van der Waals surface area contributed by atoms with Gasteiger partial charge < -0.3 is 13.7 Å². The van der Waals surface area contributed by atoms with Gasteiger partial charge in [-0.2, -0.15) is 0 Å². The van der Waals surface area contributed by atoms with Crippen molar-refractivity contribution < 1.29 is 0 Å². The van der Waals surface area contributed by atoms with Crippen molar-refractivity contribution in [3.63, 3.8) is 0 Å². The highest BCUT2D eigenvalue weighted by Gasteiger charge is 2.41. The van der Waals surface area contributed by atoms with Crippen LogP contribution in [-0.4, -0.2) is 28.7 Å². The molecule has 4 aromatic heterocycles. The van der Waals surface area contributed by atoms with Gasteiger partial charge in [-0.3, -0.25) is 0 Å². The number of rotatable bonds is 6. The van der Waals surface area contributed by atoms with E-state index in [4.69, 9.17) is 15.0 Å². The van der Waals surface area contributed by atoms with Crippen LogP contribution in [0.2, 0.25) is 0 Å². The first-order valence-electron chi connectivity index (χ1n) is 31.5. The molecule has 0 unspecified atom stereocenters. The Bertz CT molecular complexity index is 5580. The van der Waals surface area contributed by atoms with Crippen molar-refractivity contribution in [2.45, 2.75) is 57.8 Å². The Morgan fingerprint density at radius 3 is 0.944 bits per heavy atom. The Morgan fingerprint density at radius 1 is 0.244 bits per heavy atom. The minimum absolute atomic E-state index is 0.141. The minimum atomic E-state index is -0.159. The van der Waals surface area contributed by atoms with Gasteiger partial charge in [0.05, 0.1) is 33.1 Å². The van der Waals surface area contributed by atoms with E-state index >= 15 is 0 Å². The molecule has 4 heterocycles. The van der Waals surface area contributed by atoms with Gasteiger partial charge >= 0.3 is 0 Å². The van der Waals surface area contributed by atoms with E-state index in [1.807, 2.05) is 0 Å². The van der Waals surface area contributed by atoms with Crippen LogP contribution < -0.4 is 0 Å². The molecule has 0 atom stereocenters. The average molecular weight is 1150 g/mol. The van der Waals surface area contributed by atoms with Crippen LogP contribution >= 0.6 is 0 Å². The molecule has 0 amide bonds. The zero-order chi connectivity index (χ0) is 60.1. The number of benzene rings is 12. The molecule has 19 rings (SSSR count). The van der Waals surface area contributed by atoms with Crippen LogP contribution in [0.4, 0.5) is 0 Å². The standard InChI is InChI=1S/C84H60N6/c1-82(2)64-31-13-7-28-61(64)73-67(82)44-41-58-55-25-10-16-34-70(55)88(76(58)73)52-39-37-49(38-40-52)79-85-80(50-21-19-23-53(47-50)89-71-35-17-11-26-56(71)59-42-45-68-74(77(59)89)62-29-8-14-32-65(62)83(68,3)4)87-81(86-79)51-22-20-24-54(48-51)90-72-36-18-12-27-57(72)60-43-46-69-75(78(60)90)63-30-9-15-33-66(63)84(69,5)6/h7-48H,1-6H3. The fourth-order valence-electron chi connectivity index (χ4n) is 16.6. The maximum absolute atomic E-state index is 5.55. The molecule has 0 fully saturated rings. The van der Waals surface area contributed by atoms with E-state index in [2.05, 4.69) is 310 Å². The third-order valence-corrected chi connectivity index (χ3v) is 20.9. The van der Waals surface area contributed by atoms with Crippen LogP contribution in [0.1, 0.15) is 74.9 Å². The fourth-order valence-corrected chi connectivity index (χ4v) is 16.6. The first kappa shape index (κ1) is 51.1. The van der Waals surface area contributed by atoms with Crippen LogP contribution in [0, 0.1) is 0 Å². The maximum atomic E-state index is 5.55. The van der Waals surface area contributed by atoms with Gasteiger partial charge in [-0.1, -0.05) is 230 Å². The predicted octanol–water partition coefficient (Wildman–Crippen LogP) is 21.1. The molecule has 0 bridgehead atoms. The lowest BCUT2D eigenvalue weighted by atomic mass is 9.82. The molecule has 0 aliphatic heterocycles. The van der Waals surface area contributed by atoms with Crippen molar-refractivity contribution >= 4 is 65.4 Å². The number of hydrogen-bond donors (Lipinski definition) is 0. The van der Waals surface area contributed by atoms with Gasteiger partial charge in [0.2, 0.25) is 0 Å². The SMILES string of the molecule is CC1(C)c2ccccc2-c2c1ccc1c3ccccc3n(-c3ccc(-c4nc(-c5cccc(-n6c7ccccc7c7ccc8c(c76)-c6ccccc6C8(C)C)c5)nc(-c5cccc(-n6c7ccccc7c7ccc8c(c76)-c6ccccc6C8(C)C)c5)n4)cc3)c21. The highest BCUT2D eigenvalue weighted by Crippen LogP contribution is 2.56. The lowest BCUT2D eigenvalue weighted by Crippen LogP contribution is -2.14. The molecule has 6 heteroatoms. The Hall–Kier alpha value is -11.0. The topological polar surface area (TPSA) is 53.5 Å². The molecule has 3 aliphatic carbocycles. The summed E-state index contributed by atoms with van der Waals surface area (Å²) in [6, 6.07) is 94.0. The van der Waals surface area contributed by atoms with Crippen LogP contribution in [-0.2, 0) is 16.2 Å². The molecule has 3 aliphatic rings. The summed E-state index contributed by atoms with van der Waals surface area (Å²) in [5.74, 6) is 1.78. The molecule has 6 nitrogen and oxygen atoms in total. The third-order valence-electron chi connectivity index (χ3n) is 20.9.